The van der Waals surface area contributed by atoms with Crippen LogP contribution in [0.15, 0.2) is 35.1 Å². The monoisotopic (exact) mass is 312 g/mol. The first-order valence-corrected chi connectivity index (χ1v) is 6.10. The average Bonchev–Trinajstić information content (AvgIpc) is 2.72. The topological polar surface area (TPSA) is 44.1 Å². The van der Waals surface area contributed by atoms with Crippen LogP contribution in [0.2, 0.25) is 0 Å². The van der Waals surface area contributed by atoms with E-state index in [9.17, 15) is 9.18 Å². The summed E-state index contributed by atoms with van der Waals surface area (Å²) in [7, 11) is 0. The number of rotatable bonds is 3. The highest BCUT2D eigenvalue weighted by Crippen LogP contribution is 2.23. The maximum absolute atomic E-state index is 13.6. The van der Waals surface area contributed by atoms with E-state index in [0.717, 1.165) is 0 Å². The zero-order chi connectivity index (χ0) is 13.1. The maximum atomic E-state index is 13.6. The third-order valence-electron chi connectivity index (χ3n) is 2.29. The first kappa shape index (κ1) is 12.8. The molecule has 0 radical (unpaired) electrons. The summed E-state index contributed by atoms with van der Waals surface area (Å²) in [6, 6.07) is 6.18. The summed E-state index contributed by atoms with van der Waals surface area (Å²) >= 11 is 3.23. The van der Waals surface area contributed by atoms with Crippen LogP contribution in [0.3, 0.4) is 0 Å². The second kappa shape index (κ2) is 5.30. The van der Waals surface area contributed by atoms with Crippen LogP contribution in [0.5, 0.6) is 0 Å². The first-order chi connectivity index (χ1) is 8.65. The Kier molecular flexibility index (Phi) is 3.76. The number of carbonyl (C=O) groups is 1. The van der Waals surface area contributed by atoms with E-state index in [1.54, 1.807) is 25.1 Å². The number of esters is 1. The van der Waals surface area contributed by atoms with Gasteiger partial charge in [-0.2, -0.15) is 5.10 Å². The summed E-state index contributed by atoms with van der Waals surface area (Å²) in [6.45, 7) is 1.99. The van der Waals surface area contributed by atoms with Gasteiger partial charge in [-0.3, -0.25) is 0 Å². The molecule has 1 aromatic carbocycles. The summed E-state index contributed by atoms with van der Waals surface area (Å²) in [5, 5.41) is 3.98. The predicted molar refractivity (Wildman–Crippen MR) is 67.2 cm³/mol. The molecule has 0 atom stereocenters. The molecule has 0 fully saturated rings. The highest BCUT2D eigenvalue weighted by molar-refractivity contribution is 9.10. The van der Waals surface area contributed by atoms with Gasteiger partial charge >= 0.3 is 5.97 Å². The highest BCUT2D eigenvalue weighted by atomic mass is 79.9. The van der Waals surface area contributed by atoms with E-state index in [-0.39, 0.29) is 17.9 Å². The Morgan fingerprint density at radius 1 is 1.50 bits per heavy atom. The molecule has 1 aromatic heterocycles. The lowest BCUT2D eigenvalue weighted by atomic mass is 10.3. The second-order valence-corrected chi connectivity index (χ2v) is 4.18. The van der Waals surface area contributed by atoms with Crippen LogP contribution in [0, 0.1) is 5.82 Å². The van der Waals surface area contributed by atoms with Gasteiger partial charge in [-0.1, -0.05) is 12.1 Å². The molecule has 6 heteroatoms. The third kappa shape index (κ3) is 2.28. The van der Waals surface area contributed by atoms with Crippen molar-refractivity contribution >= 4 is 21.9 Å². The largest absolute Gasteiger partial charge is 0.462 e. The lowest BCUT2D eigenvalue weighted by Gasteiger charge is -2.05. The van der Waals surface area contributed by atoms with Gasteiger partial charge in [-0.05, 0) is 35.0 Å². The Hall–Kier alpha value is -1.69. The van der Waals surface area contributed by atoms with Crippen molar-refractivity contribution in [3.05, 3.63) is 46.4 Å². The fraction of sp³-hybridized carbons (Fsp3) is 0.167. The molecule has 0 saturated carbocycles. The minimum atomic E-state index is -0.494. The Morgan fingerprint density at radius 2 is 2.22 bits per heavy atom. The number of aromatic nitrogens is 2. The minimum Gasteiger partial charge on any atom is -0.462 e. The van der Waals surface area contributed by atoms with E-state index in [1.807, 2.05) is 0 Å². The zero-order valence-corrected chi connectivity index (χ0v) is 11.1. The van der Waals surface area contributed by atoms with Gasteiger partial charge in [0.1, 0.15) is 21.7 Å². The normalized spacial score (nSPS) is 10.4. The number of para-hydroxylation sites is 1. The Morgan fingerprint density at radius 3 is 2.89 bits per heavy atom. The van der Waals surface area contributed by atoms with Crippen molar-refractivity contribution in [3.8, 4) is 5.69 Å². The second-order valence-electron chi connectivity index (χ2n) is 3.43. The van der Waals surface area contributed by atoms with Crippen molar-refractivity contribution < 1.29 is 13.9 Å². The van der Waals surface area contributed by atoms with Gasteiger partial charge in [-0.25, -0.2) is 13.9 Å². The van der Waals surface area contributed by atoms with E-state index in [0.29, 0.717) is 4.60 Å². The number of benzene rings is 1. The summed E-state index contributed by atoms with van der Waals surface area (Å²) < 4.78 is 20.2. The summed E-state index contributed by atoms with van der Waals surface area (Å²) in [5.41, 5.74) is 0.528. The smallest absolute Gasteiger partial charge is 0.342 e. The fourth-order valence-electron chi connectivity index (χ4n) is 1.47. The molecule has 0 amide bonds. The lowest BCUT2D eigenvalue weighted by molar-refractivity contribution is 0.0525. The van der Waals surface area contributed by atoms with Crippen molar-refractivity contribution in [2.45, 2.75) is 6.92 Å². The zero-order valence-electron chi connectivity index (χ0n) is 9.56. The van der Waals surface area contributed by atoms with Crippen LogP contribution in [-0.2, 0) is 4.74 Å². The molecular formula is C12H10BrFN2O2. The average molecular weight is 313 g/mol. The van der Waals surface area contributed by atoms with Crippen LogP contribution in [0.25, 0.3) is 5.69 Å². The molecule has 0 saturated heterocycles. The van der Waals surface area contributed by atoms with E-state index >= 15 is 0 Å². The van der Waals surface area contributed by atoms with Crippen molar-refractivity contribution in [1.29, 1.82) is 0 Å². The number of hydrogen-bond acceptors (Lipinski definition) is 3. The van der Waals surface area contributed by atoms with E-state index in [1.165, 1.54) is 16.9 Å². The molecule has 2 aromatic rings. The molecule has 0 spiro atoms. The Labute approximate surface area is 111 Å². The van der Waals surface area contributed by atoms with Crippen molar-refractivity contribution in [3.63, 3.8) is 0 Å². The van der Waals surface area contributed by atoms with Gasteiger partial charge in [0.15, 0.2) is 0 Å². The maximum Gasteiger partial charge on any atom is 0.342 e. The molecule has 0 unspecified atom stereocenters. The molecule has 4 nitrogen and oxygen atoms in total. The van der Waals surface area contributed by atoms with E-state index in [2.05, 4.69) is 21.0 Å². The summed E-state index contributed by atoms with van der Waals surface area (Å²) in [6.07, 6.45) is 1.34. The molecule has 0 N–H and O–H groups in total. The van der Waals surface area contributed by atoms with E-state index < -0.39 is 11.8 Å². The molecule has 0 aliphatic carbocycles. The van der Waals surface area contributed by atoms with Gasteiger partial charge in [0.25, 0.3) is 0 Å². The van der Waals surface area contributed by atoms with Crippen molar-refractivity contribution in [1.82, 2.24) is 9.78 Å². The standard InChI is InChI=1S/C12H10BrFN2O2/c1-2-18-12(17)8-7-15-16(11(8)13)10-6-4-3-5-9(10)14/h3-7H,2H2,1H3. The van der Waals surface area contributed by atoms with Crippen LogP contribution < -0.4 is 0 Å². The minimum absolute atomic E-state index is 0.264. The molecule has 0 aliphatic rings. The van der Waals surface area contributed by atoms with Gasteiger partial charge < -0.3 is 4.74 Å². The molecular weight excluding hydrogens is 303 g/mol. The first-order valence-electron chi connectivity index (χ1n) is 5.30. The molecule has 0 bridgehead atoms. The van der Waals surface area contributed by atoms with Gasteiger partial charge in [0, 0.05) is 0 Å². The van der Waals surface area contributed by atoms with Crippen LogP contribution >= 0.6 is 15.9 Å². The van der Waals surface area contributed by atoms with Crippen molar-refractivity contribution in [2.75, 3.05) is 6.61 Å². The lowest BCUT2D eigenvalue weighted by Crippen LogP contribution is -2.05. The molecule has 94 valence electrons. The number of hydrogen-bond donors (Lipinski definition) is 0. The third-order valence-corrected chi connectivity index (χ3v) is 3.05. The number of carbonyl (C=O) groups excluding carboxylic acids is 1. The molecule has 1 heterocycles. The van der Waals surface area contributed by atoms with Crippen LogP contribution in [0.4, 0.5) is 4.39 Å². The molecule has 0 aliphatic heterocycles. The summed E-state index contributed by atoms with van der Waals surface area (Å²) in [5.74, 6) is -0.913. The van der Waals surface area contributed by atoms with Crippen molar-refractivity contribution in [2.24, 2.45) is 0 Å². The number of nitrogens with zero attached hydrogens (tertiary/aromatic N) is 2. The molecule has 2 rings (SSSR count). The Bertz CT molecular complexity index is 583. The number of halogens is 2. The Balaban J connectivity index is 2.43. The predicted octanol–water partition coefficient (Wildman–Crippen LogP) is 2.95. The fourth-order valence-corrected chi connectivity index (χ4v) is 2.02. The van der Waals surface area contributed by atoms with E-state index in [4.69, 9.17) is 4.74 Å². The number of ether oxygens (including phenoxy) is 1. The van der Waals surface area contributed by atoms with Gasteiger partial charge in [-0.15, -0.1) is 0 Å². The van der Waals surface area contributed by atoms with Gasteiger partial charge in [0.2, 0.25) is 0 Å². The SMILES string of the molecule is CCOC(=O)c1cnn(-c2ccccc2F)c1Br. The highest BCUT2D eigenvalue weighted by Gasteiger charge is 2.18. The quantitative estimate of drug-likeness (QED) is 0.818. The summed E-state index contributed by atoms with van der Waals surface area (Å²) in [4.78, 5) is 11.6. The molecule has 18 heavy (non-hydrogen) atoms. The van der Waals surface area contributed by atoms with Crippen LogP contribution in [0.1, 0.15) is 17.3 Å². The van der Waals surface area contributed by atoms with Crippen LogP contribution in [-0.4, -0.2) is 22.4 Å². The van der Waals surface area contributed by atoms with Gasteiger partial charge in [0.05, 0.1) is 12.8 Å².